The summed E-state index contributed by atoms with van der Waals surface area (Å²) in [6.45, 7) is 9.49. The van der Waals surface area contributed by atoms with Gasteiger partial charge in [0, 0.05) is 25.7 Å². The molecule has 0 saturated carbocycles. The van der Waals surface area contributed by atoms with E-state index in [-0.39, 0.29) is 25.7 Å². The Bertz CT molecular complexity index is 1790. The van der Waals surface area contributed by atoms with Gasteiger partial charge in [-0.15, -0.1) is 0 Å². The maximum Gasteiger partial charge on any atom is 0.472 e. The number of esters is 4. The summed E-state index contributed by atoms with van der Waals surface area (Å²) in [5, 5.41) is 10.6. The summed E-state index contributed by atoms with van der Waals surface area (Å²) < 4.78 is 68.4. The molecule has 0 spiro atoms. The van der Waals surface area contributed by atoms with Crippen LogP contribution in [0, 0.1) is 11.8 Å². The van der Waals surface area contributed by atoms with Crippen LogP contribution in [-0.4, -0.2) is 96.7 Å². The molecule has 0 rings (SSSR count). The van der Waals surface area contributed by atoms with Gasteiger partial charge >= 0.3 is 39.5 Å². The van der Waals surface area contributed by atoms with Crippen LogP contribution in [0.3, 0.4) is 0 Å². The monoisotopic (exact) mass is 1350 g/mol. The van der Waals surface area contributed by atoms with Crippen LogP contribution in [-0.2, 0) is 65.4 Å². The number of carbonyl (C=O) groups is 4. The summed E-state index contributed by atoms with van der Waals surface area (Å²) in [4.78, 5) is 72.6. The van der Waals surface area contributed by atoms with Crippen molar-refractivity contribution >= 4 is 39.5 Å². The summed E-state index contributed by atoms with van der Waals surface area (Å²) in [6.07, 6.45) is 51.4. The van der Waals surface area contributed by atoms with Gasteiger partial charge in [0.1, 0.15) is 19.3 Å². The van der Waals surface area contributed by atoms with Crippen molar-refractivity contribution in [3.63, 3.8) is 0 Å². The fourth-order valence-corrected chi connectivity index (χ4v) is 12.7. The lowest BCUT2D eigenvalue weighted by atomic mass is 10.0. The van der Waals surface area contributed by atoms with Gasteiger partial charge in [0.15, 0.2) is 12.2 Å². The Balaban J connectivity index is 5.23. The SMILES string of the molecule is CCCCCCCCCCCCCCCCCCCC(=O)O[C@H](COC(=O)CCCCCCCCCCCCC(C)C)COP(=O)(O)OC[C@@H](O)COP(=O)(O)OC[C@@H](COC(=O)CCCCCCCCC(C)C)OC(=O)CCCCCCCCCCCCCCC. The highest BCUT2D eigenvalue weighted by Gasteiger charge is 2.30. The normalized spacial score (nSPS) is 14.1. The molecule has 92 heavy (non-hydrogen) atoms. The second-order valence-corrected chi connectivity index (χ2v) is 30.2. The molecular formula is C73H142O17P2. The van der Waals surface area contributed by atoms with E-state index in [0.717, 1.165) is 102 Å². The summed E-state index contributed by atoms with van der Waals surface area (Å²) in [7, 11) is -9.90. The molecule has 0 fully saturated rings. The summed E-state index contributed by atoms with van der Waals surface area (Å²) in [5.41, 5.74) is 0. The zero-order valence-electron chi connectivity index (χ0n) is 59.9. The first-order valence-corrected chi connectivity index (χ1v) is 41.0. The Labute approximate surface area is 562 Å². The van der Waals surface area contributed by atoms with Crippen LogP contribution in [0.25, 0.3) is 0 Å². The molecule has 0 aromatic heterocycles. The van der Waals surface area contributed by atoms with Crippen molar-refractivity contribution in [1.82, 2.24) is 0 Å². The number of unbranched alkanes of at least 4 members (excludes halogenated alkanes) is 42. The third kappa shape index (κ3) is 66.7. The van der Waals surface area contributed by atoms with Crippen LogP contribution in [0.2, 0.25) is 0 Å². The first-order valence-electron chi connectivity index (χ1n) is 38.0. The third-order valence-corrected chi connectivity index (χ3v) is 18.9. The molecule has 0 aliphatic heterocycles. The van der Waals surface area contributed by atoms with Gasteiger partial charge < -0.3 is 33.8 Å². The lowest BCUT2D eigenvalue weighted by Crippen LogP contribution is -2.30. The van der Waals surface area contributed by atoms with E-state index in [2.05, 4.69) is 41.5 Å². The van der Waals surface area contributed by atoms with Crippen LogP contribution in [0.4, 0.5) is 0 Å². The zero-order chi connectivity index (χ0) is 67.9. The van der Waals surface area contributed by atoms with Crippen molar-refractivity contribution < 1.29 is 80.2 Å². The number of aliphatic hydroxyl groups is 1. The van der Waals surface area contributed by atoms with Gasteiger partial charge in [0.25, 0.3) is 0 Å². The average Bonchev–Trinajstić information content (AvgIpc) is 3.72. The quantitative estimate of drug-likeness (QED) is 0.0222. The summed E-state index contributed by atoms with van der Waals surface area (Å²) in [5.74, 6) is -0.682. The Morgan fingerprint density at radius 3 is 0.739 bits per heavy atom. The van der Waals surface area contributed by atoms with Gasteiger partial charge in [0.2, 0.25) is 0 Å². The molecule has 0 aromatic carbocycles. The first-order chi connectivity index (χ1) is 44.4. The van der Waals surface area contributed by atoms with Crippen LogP contribution in [0.1, 0.15) is 375 Å². The Kier molecular flexibility index (Phi) is 63.7. The number of hydrogen-bond donors (Lipinski definition) is 3. The van der Waals surface area contributed by atoms with Crippen LogP contribution >= 0.6 is 15.6 Å². The maximum atomic E-state index is 13.1. The van der Waals surface area contributed by atoms with E-state index in [9.17, 15) is 43.2 Å². The minimum Gasteiger partial charge on any atom is -0.462 e. The molecule has 0 heterocycles. The fraction of sp³-hybridized carbons (Fsp3) is 0.945. The zero-order valence-corrected chi connectivity index (χ0v) is 61.6. The molecule has 19 heteroatoms. The smallest absolute Gasteiger partial charge is 0.462 e. The lowest BCUT2D eigenvalue weighted by Gasteiger charge is -2.21. The Hall–Kier alpha value is -1.94. The van der Waals surface area contributed by atoms with Crippen molar-refractivity contribution in [3.05, 3.63) is 0 Å². The number of phosphoric acid groups is 2. The van der Waals surface area contributed by atoms with Gasteiger partial charge in [-0.05, 0) is 37.5 Å². The first kappa shape index (κ1) is 90.1. The Morgan fingerprint density at radius 1 is 0.293 bits per heavy atom. The predicted octanol–water partition coefficient (Wildman–Crippen LogP) is 21.2. The molecule has 5 atom stereocenters. The highest BCUT2D eigenvalue weighted by atomic mass is 31.2. The number of rotatable bonds is 72. The molecule has 0 bridgehead atoms. The summed E-state index contributed by atoms with van der Waals surface area (Å²) in [6, 6.07) is 0. The molecule has 3 N–H and O–H groups in total. The molecule has 0 saturated heterocycles. The number of ether oxygens (including phenoxy) is 4. The van der Waals surface area contributed by atoms with Crippen LogP contribution in [0.5, 0.6) is 0 Å². The predicted molar refractivity (Wildman–Crippen MR) is 372 cm³/mol. The standard InChI is InChI=1S/C73H142O17P2/c1-7-9-11-13-15-17-19-21-22-23-24-26-28-34-38-46-52-58-72(77)89-68(61-83-70(75)55-49-43-36-32-30-29-31-35-41-47-53-65(3)4)63-87-91(79,80)85-59-67(74)60-86-92(81,82)88-64-69(62-84-71(76)56-50-44-40-39-42-48-54-66(5)6)90-73(78)57-51-45-37-33-27-25-20-18-16-14-12-10-8-2/h65-69,74H,7-64H2,1-6H3,(H,79,80)(H,81,82)/t67-,68-,69-/m1/s1. The minimum atomic E-state index is -4.95. The number of hydrogen-bond acceptors (Lipinski definition) is 15. The number of aliphatic hydroxyl groups excluding tert-OH is 1. The minimum absolute atomic E-state index is 0.107. The molecule has 0 aromatic rings. The van der Waals surface area contributed by atoms with Crippen molar-refractivity contribution in [3.8, 4) is 0 Å². The Morgan fingerprint density at radius 2 is 0.500 bits per heavy atom. The molecule has 546 valence electrons. The summed E-state index contributed by atoms with van der Waals surface area (Å²) >= 11 is 0. The highest BCUT2D eigenvalue weighted by Crippen LogP contribution is 2.45. The van der Waals surface area contributed by atoms with E-state index >= 15 is 0 Å². The molecule has 0 amide bonds. The van der Waals surface area contributed by atoms with Crippen molar-refractivity contribution in [1.29, 1.82) is 0 Å². The fourth-order valence-electron chi connectivity index (χ4n) is 11.1. The van der Waals surface area contributed by atoms with Crippen molar-refractivity contribution in [2.45, 2.75) is 394 Å². The largest absolute Gasteiger partial charge is 0.472 e. The molecule has 0 aliphatic carbocycles. The van der Waals surface area contributed by atoms with Gasteiger partial charge in [-0.25, -0.2) is 9.13 Å². The van der Waals surface area contributed by atoms with E-state index in [4.69, 9.17) is 37.0 Å². The average molecular weight is 1350 g/mol. The maximum absolute atomic E-state index is 13.1. The molecule has 0 radical (unpaired) electrons. The molecule has 2 unspecified atom stereocenters. The van der Waals surface area contributed by atoms with E-state index < -0.39 is 97.5 Å². The van der Waals surface area contributed by atoms with Gasteiger partial charge in [-0.1, -0.05) is 324 Å². The highest BCUT2D eigenvalue weighted by molar-refractivity contribution is 7.47. The molecule has 0 aliphatic rings. The lowest BCUT2D eigenvalue weighted by molar-refractivity contribution is -0.161. The van der Waals surface area contributed by atoms with Gasteiger partial charge in [-0.2, -0.15) is 0 Å². The van der Waals surface area contributed by atoms with Crippen LogP contribution < -0.4 is 0 Å². The molecular weight excluding hydrogens is 1210 g/mol. The van der Waals surface area contributed by atoms with Crippen molar-refractivity contribution in [2.24, 2.45) is 11.8 Å². The second kappa shape index (κ2) is 65.0. The number of phosphoric ester groups is 2. The van der Waals surface area contributed by atoms with E-state index in [1.807, 2.05) is 0 Å². The van der Waals surface area contributed by atoms with E-state index in [1.165, 1.54) is 186 Å². The second-order valence-electron chi connectivity index (χ2n) is 27.3. The van der Waals surface area contributed by atoms with Crippen molar-refractivity contribution in [2.75, 3.05) is 39.6 Å². The number of carbonyl (C=O) groups excluding carboxylic acids is 4. The van der Waals surface area contributed by atoms with E-state index in [1.54, 1.807) is 0 Å². The topological polar surface area (TPSA) is 237 Å². The van der Waals surface area contributed by atoms with E-state index in [0.29, 0.717) is 31.6 Å². The third-order valence-electron chi connectivity index (χ3n) is 17.0. The molecule has 17 nitrogen and oxygen atoms in total. The van der Waals surface area contributed by atoms with Gasteiger partial charge in [0.05, 0.1) is 26.4 Å². The van der Waals surface area contributed by atoms with Crippen LogP contribution in [0.15, 0.2) is 0 Å². The van der Waals surface area contributed by atoms with Gasteiger partial charge in [-0.3, -0.25) is 37.3 Å².